The average molecular weight is 489 g/mol. The normalized spacial score (nSPS) is 11.6. The Labute approximate surface area is 194 Å². The van der Waals surface area contributed by atoms with E-state index in [9.17, 15) is 9.59 Å². The quantitative estimate of drug-likeness (QED) is 0.461. The first-order chi connectivity index (χ1) is 14.8. The maximum atomic E-state index is 13.1. The van der Waals surface area contributed by atoms with Crippen LogP contribution < -0.4 is 10.1 Å². The van der Waals surface area contributed by atoms with Crippen LogP contribution in [0.2, 0.25) is 0 Å². The number of carbonyl (C=O) groups excluding carboxylic acids is 2. The third-order valence-electron chi connectivity index (χ3n) is 5.25. The van der Waals surface area contributed by atoms with Crippen LogP contribution >= 0.6 is 15.9 Å². The fourth-order valence-corrected chi connectivity index (χ4v) is 3.55. The van der Waals surface area contributed by atoms with Crippen molar-refractivity contribution in [2.24, 2.45) is 0 Å². The van der Waals surface area contributed by atoms with Crippen LogP contribution in [0.3, 0.4) is 0 Å². The predicted octanol–water partition coefficient (Wildman–Crippen LogP) is 4.82. The van der Waals surface area contributed by atoms with E-state index < -0.39 is 6.04 Å². The third kappa shape index (κ3) is 7.69. The summed E-state index contributed by atoms with van der Waals surface area (Å²) < 4.78 is 6.84. The van der Waals surface area contributed by atoms with E-state index in [1.165, 1.54) is 0 Å². The van der Waals surface area contributed by atoms with Gasteiger partial charge < -0.3 is 15.0 Å². The van der Waals surface area contributed by atoms with Gasteiger partial charge in [-0.2, -0.15) is 0 Å². The van der Waals surface area contributed by atoms with Gasteiger partial charge in [0.1, 0.15) is 11.8 Å². The molecule has 1 atom stereocenters. The van der Waals surface area contributed by atoms with Crippen molar-refractivity contribution in [1.82, 2.24) is 10.2 Å². The second-order valence-electron chi connectivity index (χ2n) is 7.80. The molecule has 6 heteroatoms. The zero-order valence-corrected chi connectivity index (χ0v) is 20.5. The highest BCUT2D eigenvalue weighted by atomic mass is 79.9. The Hall–Kier alpha value is -2.34. The Balaban J connectivity index is 2.08. The molecule has 0 aromatic heterocycles. The Kier molecular flexibility index (Phi) is 10.0. The molecule has 2 aromatic rings. The number of benzene rings is 2. The lowest BCUT2D eigenvalue weighted by atomic mass is 10.1. The molecule has 2 aromatic carbocycles. The fourth-order valence-electron chi connectivity index (χ4n) is 3.32. The first kappa shape index (κ1) is 24.9. The zero-order valence-electron chi connectivity index (χ0n) is 18.9. The van der Waals surface area contributed by atoms with Crippen molar-refractivity contribution in [2.75, 3.05) is 19.7 Å². The molecule has 0 aliphatic rings. The molecule has 0 unspecified atom stereocenters. The Morgan fingerprint density at radius 3 is 2.39 bits per heavy atom. The lowest BCUT2D eigenvalue weighted by molar-refractivity contribution is -0.141. The molecule has 2 rings (SSSR count). The number of nitrogens with one attached hydrogen (secondary N) is 1. The van der Waals surface area contributed by atoms with E-state index in [1.54, 1.807) is 11.8 Å². The molecule has 31 heavy (non-hydrogen) atoms. The van der Waals surface area contributed by atoms with Crippen LogP contribution in [-0.4, -0.2) is 42.5 Å². The van der Waals surface area contributed by atoms with Crippen molar-refractivity contribution in [1.29, 1.82) is 0 Å². The number of hydrogen-bond acceptors (Lipinski definition) is 3. The molecule has 0 fully saturated rings. The summed E-state index contributed by atoms with van der Waals surface area (Å²) in [6, 6.07) is 13.2. The lowest BCUT2D eigenvalue weighted by Crippen LogP contribution is -2.50. The Bertz CT molecular complexity index is 847. The number of aryl methyl sites for hydroxylation is 2. The number of nitrogens with zero attached hydrogens (tertiary/aromatic N) is 1. The number of hydrogen-bond donors (Lipinski definition) is 1. The molecule has 0 bridgehead atoms. The molecule has 2 amide bonds. The molecule has 0 radical (unpaired) electrons. The molecule has 0 saturated heterocycles. The largest absolute Gasteiger partial charge is 0.484 e. The minimum absolute atomic E-state index is 0.109. The van der Waals surface area contributed by atoms with Gasteiger partial charge in [0, 0.05) is 17.6 Å². The van der Waals surface area contributed by atoms with Gasteiger partial charge in [-0.3, -0.25) is 9.59 Å². The SMILES string of the molecule is CCCCNC(=O)[C@H](C)N(CCc1ccccc1)C(=O)COc1cc(C)c(Br)c(C)c1. The van der Waals surface area contributed by atoms with E-state index in [1.807, 2.05) is 56.3 Å². The number of halogens is 1. The van der Waals surface area contributed by atoms with Crippen LogP contribution in [0.1, 0.15) is 43.4 Å². The lowest BCUT2D eigenvalue weighted by Gasteiger charge is -2.28. The molecular formula is C25H33BrN2O3. The first-order valence-corrected chi connectivity index (χ1v) is 11.6. The van der Waals surface area contributed by atoms with Crippen molar-refractivity contribution < 1.29 is 14.3 Å². The van der Waals surface area contributed by atoms with Crippen LogP contribution in [0.15, 0.2) is 46.9 Å². The Morgan fingerprint density at radius 1 is 1.13 bits per heavy atom. The topological polar surface area (TPSA) is 58.6 Å². The fraction of sp³-hybridized carbons (Fsp3) is 0.440. The molecule has 0 spiro atoms. The van der Waals surface area contributed by atoms with Gasteiger partial charge in [0.15, 0.2) is 6.61 Å². The van der Waals surface area contributed by atoms with Crippen LogP contribution in [0, 0.1) is 13.8 Å². The monoisotopic (exact) mass is 488 g/mol. The standard InChI is InChI=1S/C25H33BrN2O3/c1-5-6-13-27-25(30)20(4)28(14-12-21-10-8-7-9-11-21)23(29)17-31-22-15-18(2)24(26)19(3)16-22/h7-11,15-16,20H,5-6,12-14,17H2,1-4H3,(H,27,30)/t20-/m0/s1. The van der Waals surface area contributed by atoms with Crippen LogP contribution in [0.4, 0.5) is 0 Å². The summed E-state index contributed by atoms with van der Waals surface area (Å²) in [4.78, 5) is 27.3. The molecule has 1 N–H and O–H groups in total. The number of amides is 2. The van der Waals surface area contributed by atoms with E-state index in [0.717, 1.165) is 34.0 Å². The summed E-state index contributed by atoms with van der Waals surface area (Å²) in [6.45, 7) is 8.79. The molecule has 5 nitrogen and oxygen atoms in total. The zero-order chi connectivity index (χ0) is 22.8. The maximum absolute atomic E-state index is 13.1. The van der Waals surface area contributed by atoms with Crippen LogP contribution in [-0.2, 0) is 16.0 Å². The summed E-state index contributed by atoms with van der Waals surface area (Å²) in [7, 11) is 0. The molecular weight excluding hydrogens is 456 g/mol. The molecule has 0 aliphatic carbocycles. The number of carbonyl (C=O) groups is 2. The smallest absolute Gasteiger partial charge is 0.261 e. The number of rotatable bonds is 11. The highest BCUT2D eigenvalue weighted by Crippen LogP contribution is 2.26. The molecule has 0 saturated carbocycles. The van der Waals surface area contributed by atoms with Gasteiger partial charge in [-0.05, 0) is 62.4 Å². The minimum Gasteiger partial charge on any atom is -0.484 e. The van der Waals surface area contributed by atoms with Gasteiger partial charge >= 0.3 is 0 Å². The van der Waals surface area contributed by atoms with Crippen LogP contribution in [0.5, 0.6) is 5.75 Å². The van der Waals surface area contributed by atoms with E-state index in [-0.39, 0.29) is 18.4 Å². The minimum atomic E-state index is -0.565. The second kappa shape index (κ2) is 12.5. The highest BCUT2D eigenvalue weighted by molar-refractivity contribution is 9.10. The Morgan fingerprint density at radius 2 is 1.77 bits per heavy atom. The van der Waals surface area contributed by atoms with Gasteiger partial charge in [0.05, 0.1) is 0 Å². The first-order valence-electron chi connectivity index (χ1n) is 10.8. The summed E-state index contributed by atoms with van der Waals surface area (Å²) in [5, 5.41) is 2.93. The van der Waals surface area contributed by atoms with Crippen LogP contribution in [0.25, 0.3) is 0 Å². The van der Waals surface area contributed by atoms with Crippen molar-refractivity contribution >= 4 is 27.7 Å². The van der Waals surface area contributed by atoms with Gasteiger partial charge in [-0.15, -0.1) is 0 Å². The summed E-state index contributed by atoms with van der Waals surface area (Å²) in [6.07, 6.45) is 2.60. The van der Waals surface area contributed by atoms with E-state index in [4.69, 9.17) is 4.74 Å². The van der Waals surface area contributed by atoms with E-state index >= 15 is 0 Å². The predicted molar refractivity (Wildman–Crippen MR) is 128 cm³/mol. The van der Waals surface area contributed by atoms with E-state index in [0.29, 0.717) is 25.3 Å². The van der Waals surface area contributed by atoms with E-state index in [2.05, 4.69) is 28.2 Å². The van der Waals surface area contributed by atoms with Gasteiger partial charge in [0.25, 0.3) is 5.91 Å². The summed E-state index contributed by atoms with van der Waals surface area (Å²) in [5.41, 5.74) is 3.22. The van der Waals surface area contributed by atoms with Gasteiger partial charge in [-0.25, -0.2) is 0 Å². The van der Waals surface area contributed by atoms with Crippen molar-refractivity contribution in [3.8, 4) is 5.75 Å². The molecule has 0 heterocycles. The van der Waals surface area contributed by atoms with Crippen molar-refractivity contribution in [2.45, 2.75) is 53.0 Å². The van der Waals surface area contributed by atoms with Crippen molar-refractivity contribution in [3.63, 3.8) is 0 Å². The molecule has 0 aliphatic heterocycles. The summed E-state index contributed by atoms with van der Waals surface area (Å²) in [5.74, 6) is 0.312. The van der Waals surface area contributed by atoms with Crippen molar-refractivity contribution in [3.05, 3.63) is 63.6 Å². The number of ether oxygens (including phenoxy) is 1. The second-order valence-corrected chi connectivity index (χ2v) is 8.60. The third-order valence-corrected chi connectivity index (χ3v) is 6.50. The van der Waals surface area contributed by atoms with Gasteiger partial charge in [-0.1, -0.05) is 59.6 Å². The molecule has 168 valence electrons. The average Bonchev–Trinajstić information content (AvgIpc) is 2.76. The number of unbranched alkanes of at least 4 members (excludes halogenated alkanes) is 1. The summed E-state index contributed by atoms with van der Waals surface area (Å²) >= 11 is 3.54. The highest BCUT2D eigenvalue weighted by Gasteiger charge is 2.26. The maximum Gasteiger partial charge on any atom is 0.261 e. The van der Waals surface area contributed by atoms with Gasteiger partial charge in [0.2, 0.25) is 5.91 Å².